The van der Waals surface area contributed by atoms with Crippen LogP contribution in [-0.2, 0) is 0 Å². The maximum absolute atomic E-state index is 5.51. The average Bonchev–Trinajstić information content (AvgIpc) is 2.38. The molecule has 1 aromatic heterocycles. The molecule has 0 saturated heterocycles. The molecule has 1 aromatic rings. The molecule has 3 heteroatoms. The zero-order chi connectivity index (χ0) is 9.19. The molecule has 0 aliphatic carbocycles. The van der Waals surface area contributed by atoms with E-state index in [1.807, 2.05) is 0 Å². The van der Waals surface area contributed by atoms with Crippen molar-refractivity contribution in [3.05, 3.63) is 22.4 Å². The van der Waals surface area contributed by atoms with Gasteiger partial charge in [0.25, 0.3) is 0 Å². The highest BCUT2D eigenvalue weighted by Gasteiger charge is 2.25. The van der Waals surface area contributed by atoms with Crippen molar-refractivity contribution in [2.24, 2.45) is 11.3 Å². The van der Waals surface area contributed by atoms with E-state index >= 15 is 0 Å². The Kier molecular flexibility index (Phi) is 2.88. The molecule has 12 heavy (non-hydrogen) atoms. The van der Waals surface area contributed by atoms with E-state index in [0.717, 1.165) is 0 Å². The summed E-state index contributed by atoms with van der Waals surface area (Å²) in [5.41, 5.74) is 3.02. The second-order valence-electron chi connectivity index (χ2n) is 3.98. The highest BCUT2D eigenvalue weighted by molar-refractivity contribution is 7.10. The quantitative estimate of drug-likeness (QED) is 0.546. The van der Waals surface area contributed by atoms with Crippen LogP contribution in [0.5, 0.6) is 0 Å². The monoisotopic (exact) mass is 184 g/mol. The van der Waals surface area contributed by atoms with Crippen LogP contribution in [0.25, 0.3) is 0 Å². The molecule has 0 spiro atoms. The maximum Gasteiger partial charge on any atom is 0.0601 e. The second-order valence-corrected chi connectivity index (χ2v) is 4.96. The molecule has 2 nitrogen and oxygen atoms in total. The molecule has 0 saturated carbocycles. The third-order valence-electron chi connectivity index (χ3n) is 1.86. The van der Waals surface area contributed by atoms with Gasteiger partial charge in [-0.2, -0.15) is 0 Å². The zero-order valence-electron chi connectivity index (χ0n) is 7.79. The Bertz CT molecular complexity index is 223. The van der Waals surface area contributed by atoms with Crippen molar-refractivity contribution in [1.82, 2.24) is 5.43 Å². The van der Waals surface area contributed by atoms with Gasteiger partial charge in [-0.05, 0) is 16.9 Å². The van der Waals surface area contributed by atoms with Gasteiger partial charge >= 0.3 is 0 Å². The van der Waals surface area contributed by atoms with Gasteiger partial charge in [-0.1, -0.05) is 26.8 Å². The first-order valence-corrected chi connectivity index (χ1v) is 4.93. The molecular formula is C9H16N2S. The Hall–Kier alpha value is -0.380. The van der Waals surface area contributed by atoms with Gasteiger partial charge in [0.05, 0.1) is 6.04 Å². The van der Waals surface area contributed by atoms with Crippen molar-refractivity contribution in [3.8, 4) is 0 Å². The summed E-state index contributed by atoms with van der Waals surface area (Å²) in [5, 5.41) is 2.07. The molecule has 1 unspecified atom stereocenters. The minimum Gasteiger partial charge on any atom is -0.271 e. The van der Waals surface area contributed by atoms with E-state index in [0.29, 0.717) is 0 Å². The van der Waals surface area contributed by atoms with Crippen molar-refractivity contribution in [1.29, 1.82) is 0 Å². The minimum atomic E-state index is 0.166. The fourth-order valence-electron chi connectivity index (χ4n) is 1.21. The molecule has 1 heterocycles. The molecule has 3 N–H and O–H groups in total. The lowest BCUT2D eigenvalue weighted by Gasteiger charge is -2.28. The third kappa shape index (κ3) is 2.06. The van der Waals surface area contributed by atoms with E-state index in [2.05, 4.69) is 43.7 Å². The van der Waals surface area contributed by atoms with E-state index in [1.54, 1.807) is 11.3 Å². The SMILES string of the molecule is CC(C)(C)C(NN)c1cccs1. The summed E-state index contributed by atoms with van der Waals surface area (Å²) in [5.74, 6) is 5.51. The van der Waals surface area contributed by atoms with E-state index in [-0.39, 0.29) is 11.5 Å². The van der Waals surface area contributed by atoms with Gasteiger partial charge in [-0.3, -0.25) is 11.3 Å². The highest BCUT2D eigenvalue weighted by atomic mass is 32.1. The Morgan fingerprint density at radius 3 is 2.50 bits per heavy atom. The number of rotatable bonds is 2. The van der Waals surface area contributed by atoms with E-state index in [4.69, 9.17) is 5.84 Å². The van der Waals surface area contributed by atoms with Crippen LogP contribution in [0.3, 0.4) is 0 Å². The Morgan fingerprint density at radius 2 is 2.17 bits per heavy atom. The van der Waals surface area contributed by atoms with Crippen LogP contribution in [0.2, 0.25) is 0 Å². The van der Waals surface area contributed by atoms with Gasteiger partial charge in [-0.15, -0.1) is 11.3 Å². The lowest BCUT2D eigenvalue weighted by Crippen LogP contribution is -2.36. The number of hydrogen-bond acceptors (Lipinski definition) is 3. The maximum atomic E-state index is 5.51. The molecule has 0 amide bonds. The molecule has 0 aliphatic heterocycles. The highest BCUT2D eigenvalue weighted by Crippen LogP contribution is 2.34. The molecule has 0 aliphatic rings. The van der Waals surface area contributed by atoms with Crippen LogP contribution in [0.4, 0.5) is 0 Å². The zero-order valence-corrected chi connectivity index (χ0v) is 8.61. The van der Waals surface area contributed by atoms with E-state index in [1.165, 1.54) is 4.88 Å². The molecule has 0 aromatic carbocycles. The molecule has 68 valence electrons. The topological polar surface area (TPSA) is 38.0 Å². The molecule has 1 rings (SSSR count). The van der Waals surface area contributed by atoms with Gasteiger partial charge in [-0.25, -0.2) is 0 Å². The largest absolute Gasteiger partial charge is 0.271 e. The first kappa shape index (κ1) is 9.71. The number of hydrogen-bond donors (Lipinski definition) is 2. The number of hydrazine groups is 1. The Labute approximate surface area is 77.8 Å². The second kappa shape index (κ2) is 3.56. The summed E-state index contributed by atoms with van der Waals surface area (Å²) in [6.07, 6.45) is 0. The van der Waals surface area contributed by atoms with Gasteiger partial charge in [0, 0.05) is 4.88 Å². The van der Waals surface area contributed by atoms with Gasteiger partial charge in [0.1, 0.15) is 0 Å². The van der Waals surface area contributed by atoms with Gasteiger partial charge in [0.2, 0.25) is 0 Å². The first-order valence-electron chi connectivity index (χ1n) is 4.05. The first-order chi connectivity index (χ1) is 5.55. The van der Waals surface area contributed by atoms with E-state index < -0.39 is 0 Å². The van der Waals surface area contributed by atoms with Crippen LogP contribution in [-0.4, -0.2) is 0 Å². The van der Waals surface area contributed by atoms with Gasteiger partial charge < -0.3 is 0 Å². The Balaban J connectivity index is 2.84. The lowest BCUT2D eigenvalue weighted by atomic mass is 9.86. The predicted octanol–water partition coefficient (Wildman–Crippen LogP) is 2.30. The molecular weight excluding hydrogens is 168 g/mol. The minimum absolute atomic E-state index is 0.166. The Morgan fingerprint density at radius 1 is 1.50 bits per heavy atom. The third-order valence-corrected chi connectivity index (χ3v) is 2.80. The summed E-state index contributed by atoms with van der Waals surface area (Å²) < 4.78 is 0. The smallest absolute Gasteiger partial charge is 0.0601 e. The summed E-state index contributed by atoms with van der Waals surface area (Å²) in [6.45, 7) is 6.53. The standard InChI is InChI=1S/C9H16N2S/c1-9(2,3)8(11-10)7-5-4-6-12-7/h4-6,8,11H,10H2,1-3H3. The fraction of sp³-hybridized carbons (Fsp3) is 0.556. The van der Waals surface area contributed by atoms with Crippen LogP contribution in [0, 0.1) is 5.41 Å². The predicted molar refractivity (Wildman–Crippen MR) is 53.8 cm³/mol. The van der Waals surface area contributed by atoms with E-state index in [9.17, 15) is 0 Å². The summed E-state index contributed by atoms with van der Waals surface area (Å²) in [6, 6.07) is 4.41. The van der Waals surface area contributed by atoms with Crippen molar-refractivity contribution in [3.63, 3.8) is 0 Å². The normalized spacial score (nSPS) is 14.7. The number of thiophene rings is 1. The van der Waals surface area contributed by atoms with Crippen LogP contribution in [0.1, 0.15) is 31.7 Å². The fourth-order valence-corrected chi connectivity index (χ4v) is 2.24. The lowest BCUT2D eigenvalue weighted by molar-refractivity contribution is 0.279. The van der Waals surface area contributed by atoms with Crippen molar-refractivity contribution >= 4 is 11.3 Å². The van der Waals surface area contributed by atoms with Crippen LogP contribution in [0.15, 0.2) is 17.5 Å². The average molecular weight is 184 g/mol. The van der Waals surface area contributed by atoms with Gasteiger partial charge in [0.15, 0.2) is 0 Å². The van der Waals surface area contributed by atoms with Crippen molar-refractivity contribution in [2.45, 2.75) is 26.8 Å². The number of nitrogens with two attached hydrogens (primary N) is 1. The van der Waals surface area contributed by atoms with Crippen molar-refractivity contribution < 1.29 is 0 Å². The summed E-state index contributed by atoms with van der Waals surface area (Å²) >= 11 is 1.74. The van der Waals surface area contributed by atoms with Crippen LogP contribution >= 0.6 is 11.3 Å². The molecule has 0 radical (unpaired) electrons. The molecule has 1 atom stereocenters. The molecule has 0 bridgehead atoms. The molecule has 0 fully saturated rings. The van der Waals surface area contributed by atoms with Crippen molar-refractivity contribution in [2.75, 3.05) is 0 Å². The summed E-state index contributed by atoms with van der Waals surface area (Å²) in [7, 11) is 0. The number of nitrogens with one attached hydrogen (secondary N) is 1. The van der Waals surface area contributed by atoms with Crippen LogP contribution < -0.4 is 11.3 Å². The summed E-state index contributed by atoms with van der Waals surface area (Å²) in [4.78, 5) is 1.30.